The van der Waals surface area contributed by atoms with E-state index in [1.165, 1.54) is 11.3 Å². The molecule has 0 saturated carbocycles. The van der Waals surface area contributed by atoms with E-state index in [0.29, 0.717) is 17.5 Å². The first-order valence-corrected chi connectivity index (χ1v) is 9.05. The van der Waals surface area contributed by atoms with Crippen LogP contribution in [0.1, 0.15) is 45.4 Å². The van der Waals surface area contributed by atoms with Crippen LogP contribution in [0, 0.1) is 0 Å². The number of hydrogen-bond acceptors (Lipinski definition) is 4. The molecule has 2 N–H and O–H groups in total. The van der Waals surface area contributed by atoms with Gasteiger partial charge in [-0.3, -0.25) is 0 Å². The lowest BCUT2D eigenvalue weighted by molar-refractivity contribution is 0.541. The number of nitrogens with one attached hydrogen (secondary N) is 2. The molecule has 1 aromatic heterocycles. The minimum atomic E-state index is -3.40. The monoisotopic (exact) mass is 304 g/mol. The topological polar surface area (TPSA) is 58.2 Å². The molecular weight excluding hydrogens is 280 g/mol. The SMILES string of the molecule is CCCC(C)NS(=O)(=O)c1ccsc1CNC(C)C. The molecule has 0 aliphatic rings. The number of hydrogen-bond donors (Lipinski definition) is 2. The molecule has 1 aromatic rings. The molecule has 110 valence electrons. The van der Waals surface area contributed by atoms with E-state index in [4.69, 9.17) is 0 Å². The first kappa shape index (κ1) is 16.6. The van der Waals surface area contributed by atoms with E-state index >= 15 is 0 Å². The Bertz CT molecular complexity index is 481. The molecule has 1 atom stereocenters. The van der Waals surface area contributed by atoms with Gasteiger partial charge < -0.3 is 5.32 Å². The summed E-state index contributed by atoms with van der Waals surface area (Å²) in [6, 6.07) is 1.99. The fraction of sp³-hybridized carbons (Fsp3) is 0.692. The summed E-state index contributed by atoms with van der Waals surface area (Å²) in [6.07, 6.45) is 1.82. The maximum absolute atomic E-state index is 12.3. The minimum absolute atomic E-state index is 0.0270. The Labute approximate surface area is 120 Å². The van der Waals surface area contributed by atoms with Gasteiger partial charge in [-0.1, -0.05) is 27.2 Å². The van der Waals surface area contributed by atoms with E-state index in [2.05, 4.69) is 10.0 Å². The summed E-state index contributed by atoms with van der Waals surface area (Å²) in [6.45, 7) is 8.63. The molecule has 1 rings (SSSR count). The average Bonchev–Trinajstić information content (AvgIpc) is 2.74. The molecule has 0 radical (unpaired) electrons. The molecule has 1 heterocycles. The van der Waals surface area contributed by atoms with Gasteiger partial charge in [0.05, 0.1) is 4.90 Å². The van der Waals surface area contributed by atoms with Crippen molar-refractivity contribution in [2.75, 3.05) is 0 Å². The van der Waals surface area contributed by atoms with Crippen molar-refractivity contribution < 1.29 is 8.42 Å². The molecule has 6 heteroatoms. The third-order valence-corrected chi connectivity index (χ3v) is 5.47. The Morgan fingerprint density at radius 1 is 1.32 bits per heavy atom. The minimum Gasteiger partial charge on any atom is -0.310 e. The van der Waals surface area contributed by atoms with E-state index in [1.54, 1.807) is 6.07 Å². The van der Waals surface area contributed by atoms with E-state index in [1.807, 2.05) is 33.1 Å². The van der Waals surface area contributed by atoms with Crippen LogP contribution in [0.2, 0.25) is 0 Å². The summed E-state index contributed by atoms with van der Waals surface area (Å²) < 4.78 is 27.4. The molecular formula is C13H24N2O2S2. The number of sulfonamides is 1. The Kier molecular flexibility index (Phi) is 6.46. The molecule has 0 aliphatic carbocycles. The van der Waals surface area contributed by atoms with Crippen LogP contribution < -0.4 is 10.0 Å². The van der Waals surface area contributed by atoms with Gasteiger partial charge in [0.1, 0.15) is 0 Å². The van der Waals surface area contributed by atoms with Crippen molar-refractivity contribution in [1.82, 2.24) is 10.0 Å². The summed E-state index contributed by atoms with van der Waals surface area (Å²) in [5.41, 5.74) is 0. The predicted octanol–water partition coefficient (Wildman–Crippen LogP) is 2.71. The Balaban J connectivity index is 2.81. The van der Waals surface area contributed by atoms with Crippen molar-refractivity contribution >= 4 is 21.4 Å². The largest absolute Gasteiger partial charge is 0.310 e. The lowest BCUT2D eigenvalue weighted by Gasteiger charge is -2.14. The third-order valence-electron chi connectivity index (χ3n) is 2.74. The van der Waals surface area contributed by atoms with Crippen LogP contribution in [-0.4, -0.2) is 20.5 Å². The van der Waals surface area contributed by atoms with Gasteiger partial charge in [-0.2, -0.15) is 0 Å². The highest BCUT2D eigenvalue weighted by Crippen LogP contribution is 2.22. The van der Waals surface area contributed by atoms with Gasteiger partial charge in [0, 0.05) is 23.5 Å². The second-order valence-electron chi connectivity index (χ2n) is 5.05. The molecule has 0 saturated heterocycles. The summed E-state index contributed by atoms with van der Waals surface area (Å²) in [7, 11) is -3.40. The van der Waals surface area contributed by atoms with Gasteiger partial charge >= 0.3 is 0 Å². The first-order chi connectivity index (χ1) is 8.86. The molecule has 19 heavy (non-hydrogen) atoms. The zero-order valence-corrected chi connectivity index (χ0v) is 13.7. The van der Waals surface area contributed by atoms with Gasteiger partial charge in [0.2, 0.25) is 10.0 Å². The van der Waals surface area contributed by atoms with Crippen LogP contribution in [-0.2, 0) is 16.6 Å². The van der Waals surface area contributed by atoms with Gasteiger partial charge in [0.25, 0.3) is 0 Å². The standard InChI is InChI=1S/C13H24N2O2S2/c1-5-6-11(4)15-19(16,17)13-7-8-18-12(13)9-14-10(2)3/h7-8,10-11,14-15H,5-6,9H2,1-4H3. The van der Waals surface area contributed by atoms with Crippen LogP contribution in [0.5, 0.6) is 0 Å². The number of thiophene rings is 1. The molecule has 0 fully saturated rings. The van der Waals surface area contributed by atoms with Crippen molar-refractivity contribution in [2.45, 2.75) is 64.1 Å². The fourth-order valence-corrected chi connectivity index (χ4v) is 4.49. The van der Waals surface area contributed by atoms with Gasteiger partial charge in [-0.15, -0.1) is 11.3 Å². The third kappa shape index (κ3) is 5.22. The molecule has 1 unspecified atom stereocenters. The Morgan fingerprint density at radius 2 is 2.00 bits per heavy atom. The molecule has 0 spiro atoms. The second kappa shape index (κ2) is 7.38. The van der Waals surface area contributed by atoms with Crippen molar-refractivity contribution in [2.24, 2.45) is 0 Å². The summed E-state index contributed by atoms with van der Waals surface area (Å²) in [5, 5.41) is 5.09. The smallest absolute Gasteiger partial charge is 0.241 e. The average molecular weight is 304 g/mol. The summed E-state index contributed by atoms with van der Waals surface area (Å²) in [4.78, 5) is 1.28. The fourth-order valence-electron chi connectivity index (χ4n) is 1.81. The normalized spacial score (nSPS) is 13.9. The number of rotatable bonds is 8. The van der Waals surface area contributed by atoms with Crippen molar-refractivity contribution in [1.29, 1.82) is 0 Å². The first-order valence-electron chi connectivity index (χ1n) is 6.69. The Morgan fingerprint density at radius 3 is 2.58 bits per heavy atom. The van der Waals surface area contributed by atoms with Crippen LogP contribution >= 0.6 is 11.3 Å². The van der Waals surface area contributed by atoms with E-state index < -0.39 is 10.0 Å². The summed E-state index contributed by atoms with van der Waals surface area (Å²) >= 11 is 1.48. The van der Waals surface area contributed by atoms with Gasteiger partial charge in [-0.05, 0) is 24.8 Å². The van der Waals surface area contributed by atoms with E-state index in [9.17, 15) is 8.42 Å². The lowest BCUT2D eigenvalue weighted by atomic mass is 10.2. The van der Waals surface area contributed by atoms with Crippen LogP contribution in [0.3, 0.4) is 0 Å². The molecule has 4 nitrogen and oxygen atoms in total. The van der Waals surface area contributed by atoms with Crippen LogP contribution in [0.4, 0.5) is 0 Å². The molecule has 0 aromatic carbocycles. The van der Waals surface area contributed by atoms with Gasteiger partial charge in [0.15, 0.2) is 0 Å². The van der Waals surface area contributed by atoms with Crippen LogP contribution in [0.25, 0.3) is 0 Å². The molecule has 0 bridgehead atoms. The zero-order chi connectivity index (χ0) is 14.5. The predicted molar refractivity (Wildman–Crippen MR) is 81.0 cm³/mol. The van der Waals surface area contributed by atoms with Crippen molar-refractivity contribution in [3.8, 4) is 0 Å². The maximum atomic E-state index is 12.3. The van der Waals surface area contributed by atoms with E-state index in [-0.39, 0.29) is 6.04 Å². The highest BCUT2D eigenvalue weighted by Gasteiger charge is 2.21. The summed E-state index contributed by atoms with van der Waals surface area (Å²) in [5.74, 6) is 0. The van der Waals surface area contributed by atoms with Crippen molar-refractivity contribution in [3.05, 3.63) is 16.3 Å². The maximum Gasteiger partial charge on any atom is 0.241 e. The Hall–Kier alpha value is -0.430. The quantitative estimate of drug-likeness (QED) is 0.776. The molecule has 0 aliphatic heterocycles. The molecule has 0 amide bonds. The highest BCUT2D eigenvalue weighted by atomic mass is 32.2. The second-order valence-corrected chi connectivity index (χ2v) is 7.74. The van der Waals surface area contributed by atoms with Crippen LogP contribution in [0.15, 0.2) is 16.3 Å². The van der Waals surface area contributed by atoms with Gasteiger partial charge in [-0.25, -0.2) is 13.1 Å². The lowest BCUT2D eigenvalue weighted by Crippen LogP contribution is -2.33. The highest BCUT2D eigenvalue weighted by molar-refractivity contribution is 7.89. The van der Waals surface area contributed by atoms with E-state index in [0.717, 1.165) is 17.7 Å². The zero-order valence-electron chi connectivity index (χ0n) is 12.1. The van der Waals surface area contributed by atoms with Crippen molar-refractivity contribution in [3.63, 3.8) is 0 Å².